The van der Waals surface area contributed by atoms with Crippen LogP contribution in [0.15, 0.2) is 24.3 Å². The molecule has 3 nitrogen and oxygen atoms in total. The molecular formula is C12H22N2O. The Hall–Kier alpha value is -1.22. The third-order valence-electron chi connectivity index (χ3n) is 1.69. The lowest BCUT2D eigenvalue weighted by atomic mass is 10.3. The summed E-state index contributed by atoms with van der Waals surface area (Å²) in [4.78, 5) is 2.08. The van der Waals surface area contributed by atoms with Crippen LogP contribution in [-0.2, 0) is 0 Å². The van der Waals surface area contributed by atoms with E-state index in [4.69, 9.17) is 10.5 Å². The minimum absolute atomic E-state index is 0.705. The molecule has 0 radical (unpaired) electrons. The smallest absolute Gasteiger partial charge is 0.119 e. The van der Waals surface area contributed by atoms with Crippen LogP contribution in [0.2, 0.25) is 0 Å². The molecule has 0 atom stereocenters. The molecule has 3 heteroatoms. The number of benzene rings is 1. The molecule has 15 heavy (non-hydrogen) atoms. The highest BCUT2D eigenvalue weighted by Gasteiger charge is 1.93. The minimum Gasteiger partial charge on any atom is -0.492 e. The largest absolute Gasteiger partial charge is 0.492 e. The number of anilines is 1. The summed E-state index contributed by atoms with van der Waals surface area (Å²) in [6.07, 6.45) is 0. The van der Waals surface area contributed by atoms with Gasteiger partial charge in [-0.15, -0.1) is 0 Å². The number of likely N-dealkylation sites (N-methyl/N-ethyl adjacent to an activating group) is 1. The molecule has 0 aliphatic rings. The van der Waals surface area contributed by atoms with Crippen LogP contribution in [-0.4, -0.2) is 32.1 Å². The maximum Gasteiger partial charge on any atom is 0.119 e. The number of nitrogens with zero attached hydrogens (tertiary/aromatic N) is 1. The van der Waals surface area contributed by atoms with Crippen molar-refractivity contribution in [3.63, 3.8) is 0 Å². The van der Waals surface area contributed by atoms with Crippen LogP contribution in [0.4, 0.5) is 5.69 Å². The molecule has 86 valence electrons. The van der Waals surface area contributed by atoms with Gasteiger partial charge in [-0.1, -0.05) is 13.8 Å². The molecule has 0 spiro atoms. The van der Waals surface area contributed by atoms with Crippen molar-refractivity contribution in [3.05, 3.63) is 24.3 Å². The van der Waals surface area contributed by atoms with Crippen LogP contribution in [0, 0.1) is 0 Å². The van der Waals surface area contributed by atoms with Gasteiger partial charge in [0.05, 0.1) is 0 Å². The molecule has 1 aromatic rings. The lowest BCUT2D eigenvalue weighted by Gasteiger charge is -2.10. The second kappa shape index (κ2) is 8.12. The maximum atomic E-state index is 5.54. The van der Waals surface area contributed by atoms with Gasteiger partial charge in [0.2, 0.25) is 0 Å². The number of hydrogen-bond acceptors (Lipinski definition) is 3. The zero-order chi connectivity index (χ0) is 11.7. The third kappa shape index (κ3) is 6.80. The van der Waals surface area contributed by atoms with Gasteiger partial charge in [-0.2, -0.15) is 0 Å². The average molecular weight is 210 g/mol. The van der Waals surface area contributed by atoms with Gasteiger partial charge in [0.15, 0.2) is 0 Å². The molecular weight excluding hydrogens is 188 g/mol. The Labute approximate surface area is 92.8 Å². The predicted octanol–water partition coefficient (Wildman–Crippen LogP) is 2.24. The van der Waals surface area contributed by atoms with E-state index in [1.807, 2.05) is 52.2 Å². The Morgan fingerprint density at radius 2 is 1.67 bits per heavy atom. The van der Waals surface area contributed by atoms with Gasteiger partial charge in [-0.25, -0.2) is 0 Å². The summed E-state index contributed by atoms with van der Waals surface area (Å²) in [5.74, 6) is 0.871. The summed E-state index contributed by atoms with van der Waals surface area (Å²) in [5.41, 5.74) is 6.30. The van der Waals surface area contributed by atoms with Gasteiger partial charge in [0.25, 0.3) is 0 Å². The monoisotopic (exact) mass is 210 g/mol. The number of nitrogen functional groups attached to an aromatic ring is 1. The van der Waals surface area contributed by atoms with Crippen molar-refractivity contribution < 1.29 is 4.74 Å². The van der Waals surface area contributed by atoms with Crippen molar-refractivity contribution in [2.75, 3.05) is 33.0 Å². The molecule has 0 saturated heterocycles. The SMILES string of the molecule is CC.CN(C)CCOc1ccc(N)cc1. The summed E-state index contributed by atoms with van der Waals surface area (Å²) in [5, 5.41) is 0. The van der Waals surface area contributed by atoms with E-state index in [1.54, 1.807) is 0 Å². The Bertz CT molecular complexity index is 244. The second-order valence-corrected chi connectivity index (χ2v) is 3.22. The van der Waals surface area contributed by atoms with Crippen molar-refractivity contribution >= 4 is 5.69 Å². The fourth-order valence-electron chi connectivity index (χ4n) is 0.910. The second-order valence-electron chi connectivity index (χ2n) is 3.22. The topological polar surface area (TPSA) is 38.5 Å². The van der Waals surface area contributed by atoms with E-state index in [0.29, 0.717) is 6.61 Å². The van der Waals surface area contributed by atoms with Gasteiger partial charge in [-0.3, -0.25) is 0 Å². The van der Waals surface area contributed by atoms with E-state index in [2.05, 4.69) is 4.90 Å². The fourth-order valence-corrected chi connectivity index (χ4v) is 0.910. The van der Waals surface area contributed by atoms with Crippen molar-refractivity contribution in [3.8, 4) is 5.75 Å². The highest BCUT2D eigenvalue weighted by atomic mass is 16.5. The summed E-state index contributed by atoms with van der Waals surface area (Å²) in [7, 11) is 4.04. The summed E-state index contributed by atoms with van der Waals surface area (Å²) in [6, 6.07) is 7.44. The Morgan fingerprint density at radius 1 is 1.13 bits per heavy atom. The van der Waals surface area contributed by atoms with Gasteiger partial charge in [0, 0.05) is 12.2 Å². The summed E-state index contributed by atoms with van der Waals surface area (Å²) in [6.45, 7) is 5.63. The number of rotatable bonds is 4. The highest BCUT2D eigenvalue weighted by Crippen LogP contribution is 2.12. The van der Waals surface area contributed by atoms with Crippen molar-refractivity contribution in [1.82, 2.24) is 4.90 Å². The molecule has 0 bridgehead atoms. The van der Waals surface area contributed by atoms with Gasteiger partial charge < -0.3 is 15.4 Å². The Balaban J connectivity index is 0.000000921. The molecule has 1 rings (SSSR count). The van der Waals surface area contributed by atoms with Gasteiger partial charge in [0.1, 0.15) is 12.4 Å². The first-order valence-electron chi connectivity index (χ1n) is 5.31. The van der Waals surface area contributed by atoms with E-state index in [-0.39, 0.29) is 0 Å². The van der Waals surface area contributed by atoms with E-state index < -0.39 is 0 Å². The van der Waals surface area contributed by atoms with Crippen LogP contribution in [0.25, 0.3) is 0 Å². The van der Waals surface area contributed by atoms with Crippen LogP contribution < -0.4 is 10.5 Å². The average Bonchev–Trinajstić information content (AvgIpc) is 2.23. The molecule has 0 amide bonds. The van der Waals surface area contributed by atoms with Crippen LogP contribution in [0.3, 0.4) is 0 Å². The van der Waals surface area contributed by atoms with Crippen molar-refractivity contribution in [1.29, 1.82) is 0 Å². The minimum atomic E-state index is 0.705. The van der Waals surface area contributed by atoms with Gasteiger partial charge >= 0.3 is 0 Å². The number of nitrogens with two attached hydrogens (primary N) is 1. The first-order valence-corrected chi connectivity index (χ1v) is 5.31. The van der Waals surface area contributed by atoms with Crippen molar-refractivity contribution in [2.45, 2.75) is 13.8 Å². The highest BCUT2D eigenvalue weighted by molar-refractivity contribution is 5.41. The molecule has 0 saturated carbocycles. The predicted molar refractivity (Wildman–Crippen MR) is 66.3 cm³/mol. The van der Waals surface area contributed by atoms with E-state index in [0.717, 1.165) is 18.0 Å². The zero-order valence-corrected chi connectivity index (χ0v) is 10.2. The summed E-state index contributed by atoms with van der Waals surface area (Å²) < 4.78 is 5.47. The fraction of sp³-hybridized carbons (Fsp3) is 0.500. The van der Waals surface area contributed by atoms with Crippen LogP contribution in [0.5, 0.6) is 5.75 Å². The maximum absolute atomic E-state index is 5.54. The summed E-state index contributed by atoms with van der Waals surface area (Å²) >= 11 is 0. The van der Waals surface area contributed by atoms with Crippen molar-refractivity contribution in [2.24, 2.45) is 0 Å². The van der Waals surface area contributed by atoms with Gasteiger partial charge in [-0.05, 0) is 38.4 Å². The molecule has 0 fully saturated rings. The molecule has 0 unspecified atom stereocenters. The standard InChI is InChI=1S/C10H16N2O.C2H6/c1-12(2)7-8-13-10-5-3-9(11)4-6-10;1-2/h3-6H,7-8,11H2,1-2H3;1-2H3. The Morgan fingerprint density at radius 3 is 2.13 bits per heavy atom. The molecule has 0 aliphatic carbocycles. The number of ether oxygens (including phenoxy) is 1. The number of hydrogen-bond donors (Lipinski definition) is 1. The first-order chi connectivity index (χ1) is 7.18. The quantitative estimate of drug-likeness (QED) is 0.775. The molecule has 0 heterocycles. The van der Waals surface area contributed by atoms with E-state index in [9.17, 15) is 0 Å². The van der Waals surface area contributed by atoms with E-state index >= 15 is 0 Å². The normalized spacial score (nSPS) is 9.40. The molecule has 0 aliphatic heterocycles. The van der Waals surface area contributed by atoms with E-state index in [1.165, 1.54) is 0 Å². The lowest BCUT2D eigenvalue weighted by Crippen LogP contribution is -2.19. The molecule has 2 N–H and O–H groups in total. The lowest BCUT2D eigenvalue weighted by molar-refractivity contribution is 0.261. The Kier molecular flexibility index (Phi) is 7.46. The third-order valence-corrected chi connectivity index (χ3v) is 1.69. The molecule has 1 aromatic carbocycles. The first kappa shape index (κ1) is 13.8. The van der Waals surface area contributed by atoms with Crippen LogP contribution >= 0.6 is 0 Å². The van der Waals surface area contributed by atoms with Crippen LogP contribution in [0.1, 0.15) is 13.8 Å². The zero-order valence-electron chi connectivity index (χ0n) is 10.2. The molecule has 0 aromatic heterocycles.